The normalized spacial score (nSPS) is 10.4. The van der Waals surface area contributed by atoms with Crippen LogP contribution in [0.15, 0.2) is 59.0 Å². The number of halogens is 3. The van der Waals surface area contributed by atoms with Crippen LogP contribution >= 0.6 is 23.2 Å². The van der Waals surface area contributed by atoms with Gasteiger partial charge in [0.05, 0.1) is 15.7 Å². The number of esters is 1. The van der Waals surface area contributed by atoms with Gasteiger partial charge in [0, 0.05) is 0 Å². The first-order chi connectivity index (χ1) is 13.9. The summed E-state index contributed by atoms with van der Waals surface area (Å²) in [5, 5.41) is 2.99. The highest BCUT2D eigenvalue weighted by Gasteiger charge is 2.16. The van der Waals surface area contributed by atoms with Crippen LogP contribution in [-0.2, 0) is 16.1 Å². The van der Waals surface area contributed by atoms with E-state index in [1.54, 1.807) is 18.2 Å². The first-order valence-corrected chi connectivity index (χ1v) is 9.06. The zero-order chi connectivity index (χ0) is 20.8. The van der Waals surface area contributed by atoms with E-state index in [4.69, 9.17) is 37.1 Å². The molecular formula is C20H14Cl2FNO5. The molecule has 150 valence electrons. The largest absolute Gasteiger partial charge is 0.486 e. The molecule has 0 bridgehead atoms. The Bertz CT molecular complexity index is 1000. The van der Waals surface area contributed by atoms with Gasteiger partial charge in [0.15, 0.2) is 6.61 Å². The molecule has 0 aliphatic carbocycles. The molecular weight excluding hydrogens is 424 g/mol. The van der Waals surface area contributed by atoms with Crippen LogP contribution in [-0.4, -0.2) is 18.5 Å². The highest BCUT2D eigenvalue weighted by molar-refractivity contribution is 6.39. The van der Waals surface area contributed by atoms with Crippen molar-refractivity contribution in [2.75, 3.05) is 11.9 Å². The van der Waals surface area contributed by atoms with E-state index in [-0.39, 0.29) is 33.9 Å². The second kappa shape index (κ2) is 9.45. The smallest absolute Gasteiger partial charge is 0.374 e. The third-order valence-electron chi connectivity index (χ3n) is 3.62. The number of rotatable bonds is 7. The number of hydrogen-bond donors (Lipinski definition) is 1. The highest BCUT2D eigenvalue weighted by atomic mass is 35.5. The minimum absolute atomic E-state index is 0.0321. The topological polar surface area (TPSA) is 77.8 Å². The monoisotopic (exact) mass is 437 g/mol. The lowest BCUT2D eigenvalue weighted by atomic mass is 10.3. The van der Waals surface area contributed by atoms with Gasteiger partial charge in [-0.2, -0.15) is 0 Å². The number of hydrogen-bond acceptors (Lipinski definition) is 5. The Morgan fingerprint density at radius 3 is 2.38 bits per heavy atom. The molecule has 0 saturated heterocycles. The van der Waals surface area contributed by atoms with Gasteiger partial charge in [-0.1, -0.05) is 29.3 Å². The molecule has 2 aromatic carbocycles. The van der Waals surface area contributed by atoms with Gasteiger partial charge < -0.3 is 19.2 Å². The standard InChI is InChI=1S/C20H14Cl2FNO5/c21-15-2-1-3-16(22)19(15)24-18(25)11-28-20(26)17-9-8-14(29-17)10-27-13-6-4-12(23)5-7-13/h1-9H,10-11H2,(H,24,25). The molecule has 0 spiro atoms. The fourth-order valence-electron chi connectivity index (χ4n) is 2.25. The first-order valence-electron chi connectivity index (χ1n) is 8.30. The molecule has 0 radical (unpaired) electrons. The number of nitrogens with one attached hydrogen (secondary N) is 1. The molecule has 0 unspecified atom stereocenters. The molecule has 0 aliphatic rings. The summed E-state index contributed by atoms with van der Waals surface area (Å²) in [6.45, 7) is -0.521. The Morgan fingerprint density at radius 2 is 1.69 bits per heavy atom. The van der Waals surface area contributed by atoms with Gasteiger partial charge in [-0.05, 0) is 48.5 Å². The Kier molecular flexibility index (Phi) is 6.74. The molecule has 1 amide bonds. The van der Waals surface area contributed by atoms with E-state index in [0.717, 1.165) is 0 Å². The highest BCUT2D eigenvalue weighted by Crippen LogP contribution is 2.29. The number of anilines is 1. The lowest BCUT2D eigenvalue weighted by Gasteiger charge is -2.09. The quantitative estimate of drug-likeness (QED) is 0.520. The van der Waals surface area contributed by atoms with Crippen LogP contribution in [0.5, 0.6) is 5.75 Å². The van der Waals surface area contributed by atoms with Crippen LogP contribution in [0, 0.1) is 5.82 Å². The van der Waals surface area contributed by atoms with Crippen molar-refractivity contribution in [3.8, 4) is 5.75 Å². The van der Waals surface area contributed by atoms with E-state index < -0.39 is 18.5 Å². The van der Waals surface area contributed by atoms with E-state index >= 15 is 0 Å². The molecule has 3 aromatic rings. The summed E-state index contributed by atoms with van der Waals surface area (Å²) in [5.74, 6) is -1.10. The van der Waals surface area contributed by atoms with Crippen molar-refractivity contribution >= 4 is 40.8 Å². The summed E-state index contributed by atoms with van der Waals surface area (Å²) in [7, 11) is 0. The Hall–Kier alpha value is -3.03. The number of carbonyl (C=O) groups is 2. The molecule has 9 heteroatoms. The van der Waals surface area contributed by atoms with Crippen LogP contribution in [0.2, 0.25) is 10.0 Å². The molecule has 6 nitrogen and oxygen atoms in total. The lowest BCUT2D eigenvalue weighted by molar-refractivity contribution is -0.119. The molecule has 1 aromatic heterocycles. The van der Waals surface area contributed by atoms with Gasteiger partial charge in [-0.25, -0.2) is 9.18 Å². The number of ether oxygens (including phenoxy) is 2. The molecule has 1 N–H and O–H groups in total. The average Bonchev–Trinajstić information content (AvgIpc) is 3.18. The van der Waals surface area contributed by atoms with Crippen molar-refractivity contribution in [2.24, 2.45) is 0 Å². The third kappa shape index (κ3) is 5.73. The molecule has 3 rings (SSSR count). The fraction of sp³-hybridized carbons (Fsp3) is 0.100. The minimum atomic E-state index is -0.821. The third-order valence-corrected chi connectivity index (χ3v) is 4.25. The second-order valence-electron chi connectivity index (χ2n) is 5.73. The van der Waals surface area contributed by atoms with Crippen LogP contribution in [0.1, 0.15) is 16.3 Å². The van der Waals surface area contributed by atoms with E-state index in [0.29, 0.717) is 11.5 Å². The molecule has 0 saturated carbocycles. The van der Waals surface area contributed by atoms with Crippen LogP contribution < -0.4 is 10.1 Å². The average molecular weight is 438 g/mol. The van der Waals surface area contributed by atoms with Crippen molar-refractivity contribution in [2.45, 2.75) is 6.61 Å². The van der Waals surface area contributed by atoms with E-state index in [2.05, 4.69) is 5.32 Å². The zero-order valence-corrected chi connectivity index (χ0v) is 16.3. The van der Waals surface area contributed by atoms with Crippen LogP contribution in [0.25, 0.3) is 0 Å². The Morgan fingerprint density at radius 1 is 1.00 bits per heavy atom. The summed E-state index contributed by atoms with van der Waals surface area (Å²) in [5.41, 5.74) is 0.232. The van der Waals surface area contributed by atoms with E-state index in [9.17, 15) is 14.0 Å². The predicted octanol–water partition coefficient (Wildman–Crippen LogP) is 5.10. The molecule has 0 atom stereocenters. The maximum atomic E-state index is 12.9. The maximum absolute atomic E-state index is 12.9. The van der Waals surface area contributed by atoms with Crippen LogP contribution in [0.3, 0.4) is 0 Å². The zero-order valence-electron chi connectivity index (χ0n) is 14.8. The molecule has 1 heterocycles. The van der Waals surface area contributed by atoms with Crippen molar-refractivity contribution in [3.05, 3.63) is 82.0 Å². The minimum Gasteiger partial charge on any atom is -0.486 e. The van der Waals surface area contributed by atoms with Gasteiger partial charge >= 0.3 is 5.97 Å². The molecule has 0 aliphatic heterocycles. The van der Waals surface area contributed by atoms with Gasteiger partial charge in [0.2, 0.25) is 5.76 Å². The van der Waals surface area contributed by atoms with Crippen molar-refractivity contribution in [3.63, 3.8) is 0 Å². The van der Waals surface area contributed by atoms with Gasteiger partial charge in [0.1, 0.15) is 23.9 Å². The Labute approximate surface area is 175 Å². The summed E-state index contributed by atoms with van der Waals surface area (Å²) in [6, 6.07) is 13.2. The summed E-state index contributed by atoms with van der Waals surface area (Å²) < 4.78 is 28.5. The number of carbonyl (C=O) groups excluding carboxylic acids is 2. The summed E-state index contributed by atoms with van der Waals surface area (Å²) >= 11 is 11.9. The van der Waals surface area contributed by atoms with Crippen LogP contribution in [0.4, 0.5) is 10.1 Å². The summed E-state index contributed by atoms with van der Waals surface area (Å²) in [4.78, 5) is 24.0. The fourth-order valence-corrected chi connectivity index (χ4v) is 2.74. The summed E-state index contributed by atoms with van der Waals surface area (Å²) in [6.07, 6.45) is 0. The number of para-hydroxylation sites is 1. The van der Waals surface area contributed by atoms with Gasteiger partial charge in [-0.3, -0.25) is 4.79 Å². The molecule has 29 heavy (non-hydrogen) atoms. The van der Waals surface area contributed by atoms with Crippen molar-refractivity contribution in [1.82, 2.24) is 0 Å². The lowest BCUT2D eigenvalue weighted by Crippen LogP contribution is -2.21. The number of benzene rings is 2. The van der Waals surface area contributed by atoms with Crippen molar-refractivity contribution < 1.29 is 27.9 Å². The van der Waals surface area contributed by atoms with E-state index in [1.165, 1.54) is 36.4 Å². The van der Waals surface area contributed by atoms with Crippen molar-refractivity contribution in [1.29, 1.82) is 0 Å². The van der Waals surface area contributed by atoms with E-state index in [1.807, 2.05) is 0 Å². The Balaban J connectivity index is 1.49. The second-order valence-corrected chi connectivity index (χ2v) is 6.54. The molecule has 0 fully saturated rings. The predicted molar refractivity (Wildman–Crippen MR) is 105 cm³/mol. The van der Waals surface area contributed by atoms with Gasteiger partial charge in [0.25, 0.3) is 5.91 Å². The first kappa shape index (κ1) is 20.7. The number of amides is 1. The maximum Gasteiger partial charge on any atom is 0.374 e. The SMILES string of the molecule is O=C(COC(=O)c1ccc(COc2ccc(F)cc2)o1)Nc1c(Cl)cccc1Cl. The van der Waals surface area contributed by atoms with Gasteiger partial charge in [-0.15, -0.1) is 0 Å². The number of furan rings is 1.